The van der Waals surface area contributed by atoms with E-state index in [4.69, 9.17) is 21.4 Å². The SMILES string of the molecule is CCCCCCCCCCCCCCOc1c[nH]c(C(=O)O)c1Cl. The maximum Gasteiger partial charge on any atom is 0.354 e. The molecule has 0 spiro atoms. The Kier molecular flexibility index (Phi) is 11.5. The largest absolute Gasteiger partial charge is 0.490 e. The first kappa shape index (κ1) is 20.9. The molecule has 0 atom stereocenters. The molecular weight excluding hydrogens is 326 g/mol. The van der Waals surface area contributed by atoms with Gasteiger partial charge in [-0.15, -0.1) is 0 Å². The highest BCUT2D eigenvalue weighted by molar-refractivity contribution is 6.34. The van der Waals surface area contributed by atoms with E-state index in [9.17, 15) is 4.79 Å². The summed E-state index contributed by atoms with van der Waals surface area (Å²) in [5, 5.41) is 9.05. The normalized spacial score (nSPS) is 10.9. The second-order valence-electron chi connectivity index (χ2n) is 6.38. The van der Waals surface area contributed by atoms with E-state index < -0.39 is 5.97 Å². The van der Waals surface area contributed by atoms with E-state index in [2.05, 4.69) is 11.9 Å². The number of carbonyl (C=O) groups is 1. The first-order chi connectivity index (χ1) is 11.7. The number of aromatic nitrogens is 1. The maximum absolute atomic E-state index is 10.9. The van der Waals surface area contributed by atoms with E-state index in [1.165, 1.54) is 70.4 Å². The molecule has 0 aliphatic rings. The molecule has 0 unspecified atom stereocenters. The second-order valence-corrected chi connectivity index (χ2v) is 6.76. The molecule has 0 aliphatic carbocycles. The molecule has 1 aromatic heterocycles. The van der Waals surface area contributed by atoms with Crippen LogP contribution in [0.15, 0.2) is 6.20 Å². The lowest BCUT2D eigenvalue weighted by Crippen LogP contribution is -1.98. The van der Waals surface area contributed by atoms with Crippen LogP contribution in [0.1, 0.15) is 94.5 Å². The molecule has 0 fully saturated rings. The van der Waals surface area contributed by atoms with Crippen molar-refractivity contribution in [1.29, 1.82) is 0 Å². The highest BCUT2D eigenvalue weighted by atomic mass is 35.5. The van der Waals surface area contributed by atoms with Crippen molar-refractivity contribution in [1.82, 2.24) is 4.98 Å². The van der Waals surface area contributed by atoms with Gasteiger partial charge in [0.25, 0.3) is 0 Å². The number of hydrogen-bond donors (Lipinski definition) is 2. The van der Waals surface area contributed by atoms with Gasteiger partial charge in [-0.3, -0.25) is 0 Å². The molecule has 4 nitrogen and oxygen atoms in total. The summed E-state index contributed by atoms with van der Waals surface area (Å²) in [5.41, 5.74) is -0.0126. The summed E-state index contributed by atoms with van der Waals surface area (Å²) in [5.74, 6) is -0.641. The molecule has 0 bridgehead atoms. The van der Waals surface area contributed by atoms with E-state index in [1.54, 1.807) is 0 Å². The van der Waals surface area contributed by atoms with E-state index in [1.807, 2.05) is 0 Å². The highest BCUT2D eigenvalue weighted by Crippen LogP contribution is 2.28. The number of carboxylic acid groups (broad SMARTS) is 1. The zero-order valence-electron chi connectivity index (χ0n) is 14.9. The van der Waals surface area contributed by atoms with Gasteiger partial charge in [-0.1, -0.05) is 89.2 Å². The van der Waals surface area contributed by atoms with Crippen molar-refractivity contribution >= 4 is 17.6 Å². The minimum atomic E-state index is -1.07. The first-order valence-corrected chi connectivity index (χ1v) is 9.77. The number of aromatic carboxylic acids is 1. The third-order valence-corrected chi connectivity index (χ3v) is 4.63. The quantitative estimate of drug-likeness (QED) is 0.355. The van der Waals surface area contributed by atoms with Crippen molar-refractivity contribution in [3.63, 3.8) is 0 Å². The van der Waals surface area contributed by atoms with Crippen molar-refractivity contribution in [2.24, 2.45) is 0 Å². The molecule has 24 heavy (non-hydrogen) atoms. The summed E-state index contributed by atoms with van der Waals surface area (Å²) in [4.78, 5) is 13.5. The van der Waals surface area contributed by atoms with Crippen LogP contribution in [0.2, 0.25) is 5.02 Å². The van der Waals surface area contributed by atoms with Crippen LogP contribution in [0, 0.1) is 0 Å². The number of unbranched alkanes of at least 4 members (excludes halogenated alkanes) is 11. The number of aromatic amines is 1. The summed E-state index contributed by atoms with van der Waals surface area (Å²) < 4.78 is 5.53. The molecule has 1 heterocycles. The summed E-state index contributed by atoms with van der Waals surface area (Å²) >= 11 is 5.93. The average molecular weight is 358 g/mol. The molecule has 0 amide bonds. The summed E-state index contributed by atoms with van der Waals surface area (Å²) in [6.45, 7) is 2.83. The topological polar surface area (TPSA) is 62.3 Å². The zero-order chi connectivity index (χ0) is 17.6. The molecule has 0 radical (unpaired) electrons. The van der Waals surface area contributed by atoms with E-state index in [0.29, 0.717) is 12.4 Å². The number of halogens is 1. The standard InChI is InChI=1S/C19H32ClNO3/c1-2-3-4-5-6-7-8-9-10-11-12-13-14-24-16-15-21-18(17(16)20)19(22)23/h15,21H,2-14H2,1H3,(H,22,23). The number of carboxylic acids is 1. The molecule has 138 valence electrons. The van der Waals surface area contributed by atoms with Gasteiger partial charge in [0.05, 0.1) is 6.61 Å². The molecule has 0 aromatic carbocycles. The Morgan fingerprint density at radius 3 is 1.96 bits per heavy atom. The molecule has 1 rings (SSSR count). The third-order valence-electron chi connectivity index (χ3n) is 4.25. The number of rotatable bonds is 15. The summed E-state index contributed by atoms with van der Waals surface area (Å²) in [6, 6.07) is 0. The predicted octanol–water partition coefficient (Wildman–Crippen LogP) is 6.45. The first-order valence-electron chi connectivity index (χ1n) is 9.39. The smallest absolute Gasteiger partial charge is 0.354 e. The van der Waals surface area contributed by atoms with Gasteiger partial charge < -0.3 is 14.8 Å². The maximum atomic E-state index is 10.9. The van der Waals surface area contributed by atoms with Crippen molar-refractivity contribution in [2.45, 2.75) is 84.0 Å². The van der Waals surface area contributed by atoms with Crippen LogP contribution < -0.4 is 4.74 Å². The summed E-state index contributed by atoms with van der Waals surface area (Å²) in [6.07, 6.45) is 17.1. The number of ether oxygens (including phenoxy) is 1. The fourth-order valence-corrected chi connectivity index (χ4v) is 3.02. The van der Waals surface area contributed by atoms with Crippen molar-refractivity contribution in [3.8, 4) is 5.75 Å². The van der Waals surface area contributed by atoms with Crippen LogP contribution in [0.4, 0.5) is 0 Å². The number of hydrogen-bond acceptors (Lipinski definition) is 2. The van der Waals surface area contributed by atoms with Crippen molar-refractivity contribution in [2.75, 3.05) is 6.61 Å². The molecule has 0 aliphatic heterocycles. The molecular formula is C19H32ClNO3. The minimum Gasteiger partial charge on any atom is -0.490 e. The Morgan fingerprint density at radius 2 is 1.50 bits per heavy atom. The second kappa shape index (κ2) is 13.2. The molecule has 0 saturated carbocycles. The zero-order valence-corrected chi connectivity index (χ0v) is 15.7. The van der Waals surface area contributed by atoms with Crippen LogP contribution >= 0.6 is 11.6 Å². The van der Waals surface area contributed by atoms with Gasteiger partial charge >= 0.3 is 5.97 Å². The van der Waals surface area contributed by atoms with Gasteiger partial charge in [0, 0.05) is 6.20 Å². The lowest BCUT2D eigenvalue weighted by molar-refractivity contribution is 0.0691. The Bertz CT molecular complexity index is 459. The third kappa shape index (κ3) is 8.62. The lowest BCUT2D eigenvalue weighted by atomic mass is 10.1. The van der Waals surface area contributed by atoms with Gasteiger partial charge in [0.15, 0.2) is 5.75 Å². The van der Waals surface area contributed by atoms with Crippen LogP contribution in [-0.4, -0.2) is 22.7 Å². The van der Waals surface area contributed by atoms with Crippen LogP contribution in [0.3, 0.4) is 0 Å². The van der Waals surface area contributed by atoms with Crippen LogP contribution in [0.25, 0.3) is 0 Å². The Hall–Kier alpha value is -1.16. The van der Waals surface area contributed by atoms with E-state index in [0.717, 1.165) is 12.8 Å². The Morgan fingerprint density at radius 1 is 1.00 bits per heavy atom. The van der Waals surface area contributed by atoms with Crippen molar-refractivity contribution < 1.29 is 14.6 Å². The van der Waals surface area contributed by atoms with Crippen LogP contribution in [-0.2, 0) is 0 Å². The number of H-pyrrole nitrogens is 1. The number of nitrogens with one attached hydrogen (secondary N) is 1. The molecule has 2 N–H and O–H groups in total. The van der Waals surface area contributed by atoms with Gasteiger partial charge in [-0.25, -0.2) is 4.79 Å². The fourth-order valence-electron chi connectivity index (χ4n) is 2.77. The summed E-state index contributed by atoms with van der Waals surface area (Å²) in [7, 11) is 0. The lowest BCUT2D eigenvalue weighted by Gasteiger charge is -2.05. The monoisotopic (exact) mass is 357 g/mol. The highest BCUT2D eigenvalue weighted by Gasteiger charge is 2.15. The predicted molar refractivity (Wildman–Crippen MR) is 99.3 cm³/mol. The van der Waals surface area contributed by atoms with E-state index in [-0.39, 0.29) is 10.7 Å². The van der Waals surface area contributed by atoms with Gasteiger partial charge in [0.2, 0.25) is 0 Å². The average Bonchev–Trinajstić information content (AvgIpc) is 2.93. The van der Waals surface area contributed by atoms with Gasteiger partial charge in [-0.2, -0.15) is 0 Å². The fraction of sp³-hybridized carbons (Fsp3) is 0.737. The van der Waals surface area contributed by atoms with Gasteiger partial charge in [0.1, 0.15) is 10.7 Å². The minimum absolute atomic E-state index is 0.0126. The molecule has 1 aromatic rings. The molecule has 5 heteroatoms. The van der Waals surface area contributed by atoms with Crippen LogP contribution in [0.5, 0.6) is 5.75 Å². The van der Waals surface area contributed by atoms with Gasteiger partial charge in [-0.05, 0) is 6.42 Å². The van der Waals surface area contributed by atoms with E-state index >= 15 is 0 Å². The Labute approximate surface area is 150 Å². The van der Waals surface area contributed by atoms with Crippen molar-refractivity contribution in [3.05, 3.63) is 16.9 Å². The molecule has 0 saturated heterocycles. The Balaban J connectivity index is 1.91.